The van der Waals surface area contributed by atoms with E-state index in [0.29, 0.717) is 6.54 Å². The summed E-state index contributed by atoms with van der Waals surface area (Å²) in [7, 11) is -3.71. The molecular weight excluding hydrogens is 218 g/mol. The largest absolute Gasteiger partial charge is 0.480 e. The van der Waals surface area contributed by atoms with Gasteiger partial charge < -0.3 is 5.11 Å². The van der Waals surface area contributed by atoms with Gasteiger partial charge in [-0.15, -0.1) is 0 Å². The lowest BCUT2D eigenvalue weighted by Gasteiger charge is -2.31. The molecule has 0 aromatic rings. The quantitative estimate of drug-likeness (QED) is 0.780. The molecule has 0 amide bonds. The Hall–Kier alpha value is -0.620. The normalized spacial score (nSPS) is 23.9. The molecule has 0 spiro atoms. The number of hydrogen-bond donors (Lipinski definition) is 1. The summed E-state index contributed by atoms with van der Waals surface area (Å²) in [6.07, 6.45) is 1.57. The monoisotopic (exact) mass is 235 g/mol. The molecule has 1 atom stereocenters. The SMILES string of the molecule is CC(C(=O)O)S(=O)(=O)N1CCCC1(C)C. The Morgan fingerprint density at radius 1 is 1.47 bits per heavy atom. The zero-order valence-corrected chi connectivity index (χ0v) is 10.0. The van der Waals surface area contributed by atoms with Crippen LogP contribution in [0.5, 0.6) is 0 Å². The Labute approximate surface area is 90.1 Å². The molecule has 0 bridgehead atoms. The predicted molar refractivity (Wildman–Crippen MR) is 56.0 cm³/mol. The maximum absolute atomic E-state index is 11.9. The highest BCUT2D eigenvalue weighted by atomic mass is 32.2. The van der Waals surface area contributed by atoms with Crippen LogP contribution < -0.4 is 0 Å². The lowest BCUT2D eigenvalue weighted by Crippen LogP contribution is -2.48. The van der Waals surface area contributed by atoms with E-state index in [1.54, 1.807) is 0 Å². The van der Waals surface area contributed by atoms with Crippen LogP contribution in [-0.4, -0.2) is 41.1 Å². The van der Waals surface area contributed by atoms with Crippen molar-refractivity contribution in [3.8, 4) is 0 Å². The Bertz CT molecular complexity index is 360. The van der Waals surface area contributed by atoms with Crippen LogP contribution in [0.3, 0.4) is 0 Å². The summed E-state index contributed by atoms with van der Waals surface area (Å²) >= 11 is 0. The van der Waals surface area contributed by atoms with Gasteiger partial charge in [0.1, 0.15) is 0 Å². The van der Waals surface area contributed by atoms with Crippen LogP contribution in [0.25, 0.3) is 0 Å². The third-order valence-electron chi connectivity index (χ3n) is 2.93. The number of carbonyl (C=O) groups is 1. The molecule has 0 radical (unpaired) electrons. The van der Waals surface area contributed by atoms with Gasteiger partial charge in [-0.05, 0) is 33.6 Å². The third kappa shape index (κ3) is 2.15. The molecule has 0 saturated carbocycles. The lowest BCUT2D eigenvalue weighted by molar-refractivity contribution is -0.136. The highest BCUT2D eigenvalue weighted by Crippen LogP contribution is 2.32. The van der Waals surface area contributed by atoms with Crippen LogP contribution >= 0.6 is 0 Å². The molecule has 0 aromatic carbocycles. The maximum Gasteiger partial charge on any atom is 0.323 e. The average molecular weight is 235 g/mol. The van der Waals surface area contributed by atoms with E-state index in [4.69, 9.17) is 5.11 Å². The van der Waals surface area contributed by atoms with Crippen LogP contribution in [0.2, 0.25) is 0 Å². The Morgan fingerprint density at radius 2 is 2.00 bits per heavy atom. The van der Waals surface area contributed by atoms with E-state index in [1.165, 1.54) is 11.2 Å². The molecule has 0 aliphatic carbocycles. The van der Waals surface area contributed by atoms with Crippen molar-refractivity contribution in [1.29, 1.82) is 0 Å². The van der Waals surface area contributed by atoms with Crippen LogP contribution in [0.15, 0.2) is 0 Å². The van der Waals surface area contributed by atoms with Crippen molar-refractivity contribution in [1.82, 2.24) is 4.31 Å². The summed E-state index contributed by atoms with van der Waals surface area (Å²) < 4.78 is 25.2. The van der Waals surface area contributed by atoms with Crippen molar-refractivity contribution in [3.63, 3.8) is 0 Å². The number of aliphatic carboxylic acids is 1. The standard InChI is InChI=1S/C9H17NO4S/c1-7(8(11)12)15(13,14)10-6-4-5-9(10,2)3/h7H,4-6H2,1-3H3,(H,11,12). The summed E-state index contributed by atoms with van der Waals surface area (Å²) in [5.74, 6) is -1.29. The third-order valence-corrected chi connectivity index (χ3v) is 5.31. The minimum Gasteiger partial charge on any atom is -0.480 e. The molecular formula is C9H17NO4S. The first-order valence-corrected chi connectivity index (χ1v) is 6.44. The van der Waals surface area contributed by atoms with Crippen molar-refractivity contribution in [2.45, 2.75) is 44.4 Å². The first-order chi connectivity index (χ1) is 6.69. The number of hydrogen-bond acceptors (Lipinski definition) is 3. The molecule has 1 aliphatic heterocycles. The van der Waals surface area contributed by atoms with Crippen molar-refractivity contribution < 1.29 is 18.3 Å². The van der Waals surface area contributed by atoms with E-state index in [9.17, 15) is 13.2 Å². The van der Waals surface area contributed by atoms with Crippen molar-refractivity contribution in [2.24, 2.45) is 0 Å². The van der Waals surface area contributed by atoms with Crippen LogP contribution in [0, 0.1) is 0 Å². The van der Waals surface area contributed by atoms with Gasteiger partial charge in [0.25, 0.3) is 0 Å². The Morgan fingerprint density at radius 3 is 2.33 bits per heavy atom. The number of carboxylic acid groups (broad SMARTS) is 1. The van der Waals surface area contributed by atoms with E-state index in [0.717, 1.165) is 12.8 Å². The summed E-state index contributed by atoms with van der Waals surface area (Å²) in [4.78, 5) is 10.7. The van der Waals surface area contributed by atoms with Crippen LogP contribution in [-0.2, 0) is 14.8 Å². The first-order valence-electron chi connectivity index (χ1n) is 4.94. The molecule has 1 unspecified atom stereocenters. The fourth-order valence-corrected chi connectivity index (χ4v) is 3.67. The predicted octanol–water partition coefficient (Wildman–Crippen LogP) is 0.664. The van der Waals surface area contributed by atoms with Gasteiger partial charge in [-0.3, -0.25) is 4.79 Å². The second kappa shape index (κ2) is 3.75. The van der Waals surface area contributed by atoms with E-state index >= 15 is 0 Å². The molecule has 1 heterocycles. The van der Waals surface area contributed by atoms with Crippen LogP contribution in [0.4, 0.5) is 0 Å². The van der Waals surface area contributed by atoms with Gasteiger partial charge in [0.05, 0.1) is 0 Å². The van der Waals surface area contributed by atoms with Crippen molar-refractivity contribution >= 4 is 16.0 Å². The number of rotatable bonds is 3. The lowest BCUT2D eigenvalue weighted by atomic mass is 10.0. The zero-order valence-electron chi connectivity index (χ0n) is 9.23. The minimum absolute atomic E-state index is 0.424. The maximum atomic E-state index is 11.9. The molecule has 1 saturated heterocycles. The summed E-state index contributed by atoms with van der Waals surface area (Å²) in [5.41, 5.74) is -0.456. The van der Waals surface area contributed by atoms with E-state index < -0.39 is 26.8 Å². The van der Waals surface area contributed by atoms with E-state index in [2.05, 4.69) is 0 Å². The molecule has 1 fully saturated rings. The van der Waals surface area contributed by atoms with Crippen molar-refractivity contribution in [3.05, 3.63) is 0 Å². The fourth-order valence-electron chi connectivity index (χ4n) is 1.87. The zero-order chi connectivity index (χ0) is 11.9. The Kier molecular flexibility index (Phi) is 3.11. The molecule has 5 nitrogen and oxygen atoms in total. The molecule has 1 N–H and O–H groups in total. The summed E-state index contributed by atoms with van der Waals surface area (Å²) in [6.45, 7) is 5.29. The van der Waals surface area contributed by atoms with Gasteiger partial charge in [-0.2, -0.15) is 4.31 Å². The van der Waals surface area contributed by atoms with Gasteiger partial charge in [-0.25, -0.2) is 8.42 Å². The van der Waals surface area contributed by atoms with Crippen LogP contribution in [0.1, 0.15) is 33.6 Å². The molecule has 88 valence electrons. The Balaban J connectivity index is 3.02. The summed E-state index contributed by atoms with van der Waals surface area (Å²) in [5, 5.41) is 7.38. The molecule has 6 heteroatoms. The average Bonchev–Trinajstić information content (AvgIpc) is 2.44. The van der Waals surface area contributed by atoms with Gasteiger partial charge >= 0.3 is 5.97 Å². The van der Waals surface area contributed by atoms with E-state index in [1.807, 2.05) is 13.8 Å². The smallest absolute Gasteiger partial charge is 0.323 e. The second-order valence-electron chi connectivity index (χ2n) is 4.51. The van der Waals surface area contributed by atoms with Crippen molar-refractivity contribution in [2.75, 3.05) is 6.54 Å². The molecule has 1 rings (SSSR count). The fraction of sp³-hybridized carbons (Fsp3) is 0.889. The minimum atomic E-state index is -3.71. The molecule has 0 aromatic heterocycles. The second-order valence-corrected chi connectivity index (χ2v) is 6.69. The number of carboxylic acids is 1. The topological polar surface area (TPSA) is 74.7 Å². The highest BCUT2D eigenvalue weighted by molar-refractivity contribution is 7.90. The van der Waals surface area contributed by atoms with Gasteiger partial charge in [0, 0.05) is 12.1 Å². The summed E-state index contributed by atoms with van der Waals surface area (Å²) in [6, 6.07) is 0. The van der Waals surface area contributed by atoms with Gasteiger partial charge in [-0.1, -0.05) is 0 Å². The van der Waals surface area contributed by atoms with E-state index in [-0.39, 0.29) is 0 Å². The highest BCUT2D eigenvalue weighted by Gasteiger charge is 2.44. The molecule has 15 heavy (non-hydrogen) atoms. The number of sulfonamides is 1. The first kappa shape index (κ1) is 12.4. The molecule has 1 aliphatic rings. The van der Waals surface area contributed by atoms with Gasteiger partial charge in [0.15, 0.2) is 5.25 Å². The van der Waals surface area contributed by atoms with Gasteiger partial charge in [0.2, 0.25) is 10.0 Å². The number of nitrogens with zero attached hydrogens (tertiary/aromatic N) is 1.